The van der Waals surface area contributed by atoms with E-state index in [9.17, 15) is 18.4 Å². The summed E-state index contributed by atoms with van der Waals surface area (Å²) in [6.45, 7) is 1.69. The van der Waals surface area contributed by atoms with Crippen molar-refractivity contribution in [1.82, 2.24) is 9.88 Å². The summed E-state index contributed by atoms with van der Waals surface area (Å²) in [7, 11) is 2.01. The van der Waals surface area contributed by atoms with Crippen LogP contribution in [0, 0.1) is 5.92 Å². The van der Waals surface area contributed by atoms with Gasteiger partial charge in [-0.3, -0.25) is 9.59 Å². The lowest BCUT2D eigenvalue weighted by atomic mass is 9.91. The maximum absolute atomic E-state index is 13.3. The number of piperidine rings is 1. The topological polar surface area (TPSA) is 80.8 Å². The Bertz CT molecular complexity index is 958. The molecule has 0 atom stereocenters. The van der Waals surface area contributed by atoms with E-state index >= 15 is 0 Å². The number of ketones is 1. The highest BCUT2D eigenvalue weighted by Gasteiger charge is 2.45. The highest BCUT2D eigenvalue weighted by molar-refractivity contribution is 6.06. The molecule has 2 aromatic rings. The van der Waals surface area contributed by atoms with Crippen molar-refractivity contribution in [3.63, 3.8) is 0 Å². The number of carbonyl (C=O) groups excluding carboxylic acids is 2. The zero-order valence-electron chi connectivity index (χ0n) is 15.7. The van der Waals surface area contributed by atoms with Crippen LogP contribution in [-0.4, -0.2) is 48.0 Å². The molecule has 7 nitrogen and oxygen atoms in total. The second-order valence-corrected chi connectivity index (χ2v) is 7.10. The zero-order chi connectivity index (χ0) is 20.6. The number of rotatable bonds is 4. The van der Waals surface area contributed by atoms with Gasteiger partial charge in [-0.05, 0) is 57.2 Å². The molecule has 0 bridgehead atoms. The SMILES string of the molecule is CN1CCC(C(=O)c2cccc(NC(=O)c3cccc4c3OC(F)(F)O4)n2)CC1. The Morgan fingerprint density at radius 1 is 1.14 bits per heavy atom. The Balaban J connectivity index is 1.50. The number of hydrogen-bond acceptors (Lipinski definition) is 6. The number of carbonyl (C=O) groups is 2. The van der Waals surface area contributed by atoms with Crippen LogP contribution in [0.25, 0.3) is 0 Å². The van der Waals surface area contributed by atoms with Crippen molar-refractivity contribution in [3.8, 4) is 11.5 Å². The number of nitrogens with zero attached hydrogens (tertiary/aromatic N) is 2. The van der Waals surface area contributed by atoms with Crippen LogP contribution in [0.4, 0.5) is 14.6 Å². The molecule has 4 rings (SSSR count). The fraction of sp³-hybridized carbons (Fsp3) is 0.350. The first-order valence-electron chi connectivity index (χ1n) is 9.22. The van der Waals surface area contributed by atoms with Crippen molar-refractivity contribution in [2.24, 2.45) is 5.92 Å². The molecule has 1 aromatic heterocycles. The maximum Gasteiger partial charge on any atom is 0.586 e. The average molecular weight is 403 g/mol. The quantitative estimate of drug-likeness (QED) is 0.790. The van der Waals surface area contributed by atoms with Gasteiger partial charge >= 0.3 is 6.29 Å². The van der Waals surface area contributed by atoms with Crippen molar-refractivity contribution in [2.75, 3.05) is 25.5 Å². The Kier molecular flexibility index (Phi) is 4.91. The molecule has 1 saturated heterocycles. The molecule has 1 amide bonds. The third-order valence-electron chi connectivity index (χ3n) is 5.01. The van der Waals surface area contributed by atoms with Crippen LogP contribution in [0.1, 0.15) is 33.7 Å². The van der Waals surface area contributed by atoms with Gasteiger partial charge in [-0.15, -0.1) is 8.78 Å². The lowest BCUT2D eigenvalue weighted by molar-refractivity contribution is -0.286. The number of amides is 1. The number of ether oxygens (including phenoxy) is 2. The molecule has 0 spiro atoms. The molecule has 1 fully saturated rings. The summed E-state index contributed by atoms with van der Waals surface area (Å²) in [6.07, 6.45) is -2.30. The minimum Gasteiger partial charge on any atom is -0.395 e. The molecular weight excluding hydrogens is 384 g/mol. The average Bonchev–Trinajstić information content (AvgIpc) is 3.02. The summed E-state index contributed by atoms with van der Waals surface area (Å²) < 4.78 is 35.4. The Hall–Kier alpha value is -3.07. The number of likely N-dealkylation sites (tertiary alicyclic amines) is 1. The second-order valence-electron chi connectivity index (χ2n) is 7.10. The first kappa shape index (κ1) is 19.3. The highest BCUT2D eigenvalue weighted by Crippen LogP contribution is 2.43. The van der Waals surface area contributed by atoms with Gasteiger partial charge in [0.05, 0.1) is 5.56 Å². The molecule has 0 saturated carbocycles. The molecule has 29 heavy (non-hydrogen) atoms. The van der Waals surface area contributed by atoms with Crippen LogP contribution >= 0.6 is 0 Å². The molecule has 1 aromatic carbocycles. The summed E-state index contributed by atoms with van der Waals surface area (Å²) in [5.41, 5.74) is 0.148. The van der Waals surface area contributed by atoms with E-state index in [1.807, 2.05) is 7.05 Å². The number of Topliss-reactive ketones (excluding diaryl/α,β-unsaturated/α-hetero) is 1. The molecule has 152 valence electrons. The molecule has 9 heteroatoms. The van der Waals surface area contributed by atoms with Gasteiger partial charge in [-0.25, -0.2) is 4.98 Å². The van der Waals surface area contributed by atoms with Crippen molar-refractivity contribution in [1.29, 1.82) is 0 Å². The van der Waals surface area contributed by atoms with E-state index in [1.54, 1.807) is 12.1 Å². The summed E-state index contributed by atoms with van der Waals surface area (Å²) >= 11 is 0. The first-order valence-corrected chi connectivity index (χ1v) is 9.22. The van der Waals surface area contributed by atoms with Gasteiger partial charge in [-0.1, -0.05) is 12.1 Å². The van der Waals surface area contributed by atoms with E-state index in [2.05, 4.69) is 24.7 Å². The lowest BCUT2D eigenvalue weighted by Crippen LogP contribution is -2.33. The molecule has 0 aliphatic carbocycles. The summed E-state index contributed by atoms with van der Waals surface area (Å²) in [5.74, 6) is -1.27. The number of aromatic nitrogens is 1. The number of anilines is 1. The molecule has 1 N–H and O–H groups in total. The smallest absolute Gasteiger partial charge is 0.395 e. The Morgan fingerprint density at radius 3 is 2.62 bits per heavy atom. The van der Waals surface area contributed by atoms with Crippen molar-refractivity contribution in [2.45, 2.75) is 19.1 Å². The lowest BCUT2D eigenvalue weighted by Gasteiger charge is -2.27. The van der Waals surface area contributed by atoms with E-state index in [0.29, 0.717) is 0 Å². The maximum atomic E-state index is 13.3. The fourth-order valence-corrected chi connectivity index (χ4v) is 3.45. The van der Waals surface area contributed by atoms with Crippen LogP contribution in [-0.2, 0) is 0 Å². The van der Waals surface area contributed by atoms with E-state index in [-0.39, 0.29) is 40.3 Å². The number of benzene rings is 1. The van der Waals surface area contributed by atoms with Gasteiger partial charge < -0.3 is 19.7 Å². The van der Waals surface area contributed by atoms with E-state index in [4.69, 9.17) is 0 Å². The third-order valence-corrected chi connectivity index (χ3v) is 5.01. The highest BCUT2D eigenvalue weighted by atomic mass is 19.3. The summed E-state index contributed by atoms with van der Waals surface area (Å²) in [5, 5.41) is 2.53. The number of nitrogens with one attached hydrogen (secondary N) is 1. The van der Waals surface area contributed by atoms with Gasteiger partial charge in [0, 0.05) is 5.92 Å². The predicted molar refractivity (Wildman–Crippen MR) is 99.4 cm³/mol. The number of halogens is 2. The molecule has 0 radical (unpaired) electrons. The molecule has 2 aliphatic rings. The number of alkyl halides is 2. The predicted octanol–water partition coefficient (Wildman–Crippen LogP) is 3.18. The first-order chi connectivity index (χ1) is 13.8. The molecule has 0 unspecified atom stereocenters. The summed E-state index contributed by atoms with van der Waals surface area (Å²) in [4.78, 5) is 31.7. The van der Waals surface area contributed by atoms with Crippen molar-refractivity contribution in [3.05, 3.63) is 47.7 Å². The standard InChI is InChI=1S/C20H19F2N3O4/c1-25-10-8-12(9-11-25)17(26)14-5-3-7-16(23-14)24-19(27)13-4-2-6-15-18(13)29-20(21,22)28-15/h2-7,12H,8-11H2,1H3,(H,23,24,27). The second kappa shape index (κ2) is 7.40. The number of fused-ring (bicyclic) bond motifs is 1. The number of pyridine rings is 1. The van der Waals surface area contributed by atoms with Gasteiger partial charge in [0.1, 0.15) is 11.5 Å². The van der Waals surface area contributed by atoms with Crippen LogP contribution < -0.4 is 14.8 Å². The monoisotopic (exact) mass is 403 g/mol. The third kappa shape index (κ3) is 4.04. The Morgan fingerprint density at radius 2 is 1.86 bits per heavy atom. The van der Waals surface area contributed by atoms with Gasteiger partial charge in [0.25, 0.3) is 5.91 Å². The number of hydrogen-bond donors (Lipinski definition) is 1. The van der Waals surface area contributed by atoms with Gasteiger partial charge in [0.15, 0.2) is 17.3 Å². The van der Waals surface area contributed by atoms with E-state index < -0.39 is 12.2 Å². The van der Waals surface area contributed by atoms with E-state index in [1.165, 1.54) is 24.3 Å². The van der Waals surface area contributed by atoms with Crippen LogP contribution in [0.15, 0.2) is 36.4 Å². The summed E-state index contributed by atoms with van der Waals surface area (Å²) in [6, 6.07) is 8.78. The molecule has 2 aliphatic heterocycles. The van der Waals surface area contributed by atoms with Crippen molar-refractivity contribution < 1.29 is 27.8 Å². The zero-order valence-corrected chi connectivity index (χ0v) is 15.7. The number of para-hydroxylation sites is 1. The Labute approximate surface area is 165 Å². The molecular formula is C20H19F2N3O4. The van der Waals surface area contributed by atoms with Gasteiger partial charge in [0.2, 0.25) is 0 Å². The fourth-order valence-electron chi connectivity index (χ4n) is 3.45. The normalized spacial score (nSPS) is 18.4. The van der Waals surface area contributed by atoms with Crippen LogP contribution in [0.2, 0.25) is 0 Å². The minimum absolute atomic E-state index is 0.0637. The van der Waals surface area contributed by atoms with E-state index in [0.717, 1.165) is 25.9 Å². The minimum atomic E-state index is -3.82. The molecule has 3 heterocycles. The van der Waals surface area contributed by atoms with Crippen LogP contribution in [0.5, 0.6) is 11.5 Å². The van der Waals surface area contributed by atoms with Crippen molar-refractivity contribution >= 4 is 17.5 Å². The van der Waals surface area contributed by atoms with Crippen LogP contribution in [0.3, 0.4) is 0 Å². The largest absolute Gasteiger partial charge is 0.586 e. The van der Waals surface area contributed by atoms with Gasteiger partial charge in [-0.2, -0.15) is 0 Å².